The second-order valence-corrected chi connectivity index (χ2v) is 27.0. The molecule has 2 aromatic carbocycles. The van der Waals surface area contributed by atoms with Crippen molar-refractivity contribution in [2.45, 2.75) is 32.7 Å². The molecule has 14 rings (SSSR count). The molecule has 0 bridgehead atoms. The molecule has 2 saturated heterocycles. The normalized spacial score (nSPS) is 13.2. The number of hydrogen-bond donors (Lipinski definition) is 4. The minimum Gasteiger partial charge on any atom is -0.423 e. The van der Waals surface area contributed by atoms with Crippen molar-refractivity contribution in [1.82, 2.24) is 73.5 Å². The first-order valence-electron chi connectivity index (χ1n) is 27.6. The maximum atomic E-state index is 8.96. The van der Waals surface area contributed by atoms with Gasteiger partial charge in [-0.3, -0.25) is 9.80 Å². The molecule has 0 aliphatic carbocycles. The number of morpholine rings is 2. The molecule has 12 aromatic rings. The van der Waals surface area contributed by atoms with Gasteiger partial charge in [-0.05, 0) is 105 Å². The van der Waals surface area contributed by atoms with Crippen LogP contribution in [0.3, 0.4) is 0 Å². The molecule has 12 heterocycles. The van der Waals surface area contributed by atoms with Gasteiger partial charge in [0.05, 0.1) is 44.5 Å². The van der Waals surface area contributed by atoms with Crippen molar-refractivity contribution in [2.75, 3.05) is 52.6 Å². The van der Waals surface area contributed by atoms with Crippen LogP contribution in [-0.4, -0.2) is 151 Å². The van der Waals surface area contributed by atoms with Crippen LogP contribution in [0.2, 0.25) is 29.9 Å². The van der Waals surface area contributed by atoms with Crippen LogP contribution in [0.1, 0.15) is 28.1 Å². The number of aromatic amines is 2. The quantitative estimate of drug-likeness (QED) is 0.0903. The van der Waals surface area contributed by atoms with E-state index >= 15 is 0 Å². The largest absolute Gasteiger partial charge is 0.488 e. The number of H-pyrrole nitrogens is 2. The van der Waals surface area contributed by atoms with Gasteiger partial charge in [-0.25, -0.2) is 38.5 Å². The zero-order valence-electron chi connectivity index (χ0n) is 48.0. The van der Waals surface area contributed by atoms with Gasteiger partial charge >= 0.3 is 7.12 Å². The zero-order chi connectivity index (χ0) is 61.1. The fourth-order valence-electron chi connectivity index (χ4n) is 8.59. The van der Waals surface area contributed by atoms with E-state index in [-0.39, 0.29) is 0 Å². The van der Waals surface area contributed by atoms with Crippen molar-refractivity contribution >= 4 is 98.8 Å². The number of halogens is 3. The minimum atomic E-state index is -1.38. The number of ether oxygens (including phenoxy) is 2. The van der Waals surface area contributed by atoms with Gasteiger partial charge in [0.2, 0.25) is 0 Å². The van der Waals surface area contributed by atoms with E-state index < -0.39 is 15.2 Å². The molecule has 440 valence electrons. The van der Waals surface area contributed by atoms with E-state index in [1.165, 1.54) is 15.6 Å². The van der Waals surface area contributed by atoms with E-state index in [1.807, 2.05) is 67.0 Å². The lowest BCUT2D eigenvalue weighted by atomic mass is 9.80. The summed E-state index contributed by atoms with van der Waals surface area (Å²) in [4.78, 5) is 31.8. The molecule has 0 saturated carbocycles. The molecular weight excluding hydrogens is 1220 g/mol. The van der Waals surface area contributed by atoms with Crippen molar-refractivity contribution in [3.05, 3.63) is 202 Å². The number of benzene rings is 2. The third kappa shape index (κ3) is 18.0. The molecule has 4 N–H and O–H groups in total. The lowest BCUT2D eigenvalue weighted by Gasteiger charge is -2.26. The molecule has 2 aliphatic rings. The van der Waals surface area contributed by atoms with Gasteiger partial charge in [-0.2, -0.15) is 15.3 Å². The maximum absolute atomic E-state index is 8.96. The molecule has 2 aliphatic heterocycles. The summed E-state index contributed by atoms with van der Waals surface area (Å²) in [7, 11) is -2.48. The van der Waals surface area contributed by atoms with E-state index in [2.05, 4.69) is 138 Å². The Hall–Kier alpha value is -8.54. The average Bonchev–Trinajstić information content (AvgIpc) is 4.36. The number of hydrogen-bond acceptors (Lipinski definition) is 14. The summed E-state index contributed by atoms with van der Waals surface area (Å²) in [6.07, 6.45) is 24.4. The summed E-state index contributed by atoms with van der Waals surface area (Å²) in [5.41, 5.74) is 14.0. The molecule has 0 radical (unpaired) electrons. The fourth-order valence-corrected chi connectivity index (χ4v) is 9.31. The Bertz CT molecular complexity index is 4340. The molecule has 0 unspecified atom stereocenters. The van der Waals surface area contributed by atoms with E-state index in [1.54, 1.807) is 76.5 Å². The summed E-state index contributed by atoms with van der Waals surface area (Å²) in [5, 5.41) is 33.7. The highest BCUT2D eigenvalue weighted by Gasteiger charge is 2.15. The Morgan fingerprint density at radius 1 is 0.598 bits per heavy atom. The Kier molecular flexibility index (Phi) is 22.2. The highest BCUT2D eigenvalue weighted by molar-refractivity contribution is 9.10. The Balaban J connectivity index is 0.000000139. The molecule has 87 heavy (non-hydrogen) atoms. The number of rotatable bonds is 6. The highest BCUT2D eigenvalue weighted by atomic mass is 79.9. The summed E-state index contributed by atoms with van der Waals surface area (Å²) in [5.74, 6) is 8.94. The Morgan fingerprint density at radius 2 is 1.14 bits per heavy atom. The van der Waals surface area contributed by atoms with Crippen LogP contribution >= 0.6 is 39.1 Å². The van der Waals surface area contributed by atoms with Crippen LogP contribution in [0, 0.1) is 36.2 Å². The first kappa shape index (κ1) is 63.0. The van der Waals surface area contributed by atoms with Crippen LogP contribution in [0.15, 0.2) is 163 Å². The van der Waals surface area contributed by atoms with Gasteiger partial charge < -0.3 is 29.5 Å². The number of nitrogens with one attached hydrogen (secondary N) is 2. The second-order valence-electron chi connectivity index (χ2n) is 20.6. The number of terminal acetylenes is 2. The summed E-state index contributed by atoms with van der Waals surface area (Å²) < 4.78 is 16.8. The fraction of sp³-hybridized carbons (Fsp3) is 0.206. The van der Waals surface area contributed by atoms with Gasteiger partial charge in [0.15, 0.2) is 16.9 Å². The average molecular weight is 1280 g/mol. The van der Waals surface area contributed by atoms with Crippen molar-refractivity contribution in [3.8, 4) is 47.4 Å². The minimum absolute atomic E-state index is 0.400. The summed E-state index contributed by atoms with van der Waals surface area (Å²) >= 11 is 14.7. The maximum Gasteiger partial charge on any atom is 0.488 e. The molecule has 0 amide bonds. The standard InChI is InChI=1S/C26H22N6O.C11H16BNO3.C8H4ClN3.C7H5BrN2.C6H4ClN3.C5H10Si/c1-3-21(4-2-19(1)18-31-13-15-33-16-14-31)24-7-8-25-29-17-22(32(25)30-24)6-5-20-9-11-27-26-23(20)10-12-28-26;14-12(15)11-3-1-10(2-4-11)9-13-5-7-16-8-6-13;1-2-6-5-10-8-4-3-7(9)11-12(6)8;8-6-2-4-10-7-5(6)1-3-9-7;7-5-1-2-6-8-3-4-10(6)9-5;1-5-6(2,3)4/h1-4,7-12,17H,13-16,18H2,(H,27,28);1-4,14-15H,5-9H2;1,3-5H;1-4H,(H,9,10);1-4H;1H,2-4H3. The number of nitrogens with zero attached hydrogens (tertiary/aromatic N) is 13. The first-order chi connectivity index (χ1) is 42.2. The van der Waals surface area contributed by atoms with Gasteiger partial charge in [-0.15, -0.1) is 18.4 Å². The van der Waals surface area contributed by atoms with Gasteiger partial charge in [0, 0.05) is 103 Å². The van der Waals surface area contributed by atoms with E-state index in [0.717, 1.165) is 126 Å². The zero-order valence-corrected chi connectivity index (χ0v) is 52.1. The van der Waals surface area contributed by atoms with Gasteiger partial charge in [0.25, 0.3) is 0 Å². The second kappa shape index (κ2) is 30.7. The topological polar surface area (TPSA) is 213 Å². The van der Waals surface area contributed by atoms with Crippen molar-refractivity contribution in [1.29, 1.82) is 0 Å². The van der Waals surface area contributed by atoms with Gasteiger partial charge in [0.1, 0.15) is 41.1 Å². The summed E-state index contributed by atoms with van der Waals surface area (Å²) in [6, 6.07) is 34.8. The van der Waals surface area contributed by atoms with E-state index in [9.17, 15) is 0 Å². The molecule has 10 aromatic heterocycles. The third-order valence-electron chi connectivity index (χ3n) is 13.2. The molecule has 0 spiro atoms. The van der Waals surface area contributed by atoms with Crippen LogP contribution in [0.4, 0.5) is 0 Å². The smallest absolute Gasteiger partial charge is 0.423 e. The number of aromatic nitrogens is 13. The van der Waals surface area contributed by atoms with Crippen LogP contribution in [0.25, 0.3) is 50.3 Å². The predicted octanol–water partition coefficient (Wildman–Crippen LogP) is 9.27. The summed E-state index contributed by atoms with van der Waals surface area (Å²) in [6.45, 7) is 15.4. The molecule has 0 atom stereocenters. The van der Waals surface area contributed by atoms with Crippen molar-refractivity contribution < 1.29 is 19.5 Å². The van der Waals surface area contributed by atoms with E-state index in [0.29, 0.717) is 27.1 Å². The monoisotopic (exact) mass is 1280 g/mol. The van der Waals surface area contributed by atoms with Crippen molar-refractivity contribution in [2.24, 2.45) is 0 Å². The highest BCUT2D eigenvalue weighted by Crippen LogP contribution is 2.22. The van der Waals surface area contributed by atoms with Gasteiger partial charge in [-0.1, -0.05) is 97.3 Å². The number of pyridine rings is 2. The SMILES string of the molecule is Brc1ccnc2[nH]ccc12.C#C[Si](C)(C)C.C#Cc1cnc2ccc(Cl)nn12.C(#Cc1cnc2ccc(-c3ccc(CN4CCOCC4)cc3)nn12)c1ccnc2[nH]ccc12.Clc1ccc2nccn2n1.OB(O)c1ccc(CN2CCOCC2)cc1. The molecule has 24 heteroatoms. The predicted molar refractivity (Wildman–Crippen MR) is 349 cm³/mol. The molecular formula is C63H61BBrCl2N15O4Si. The van der Waals surface area contributed by atoms with Crippen molar-refractivity contribution in [3.63, 3.8) is 0 Å². The number of imidazole rings is 3. The third-order valence-corrected chi connectivity index (χ3v) is 15.2. The van der Waals surface area contributed by atoms with Crippen LogP contribution in [0.5, 0.6) is 0 Å². The van der Waals surface area contributed by atoms with Crippen LogP contribution < -0.4 is 5.46 Å². The number of fused-ring (bicyclic) bond motifs is 5. The lowest BCUT2D eigenvalue weighted by molar-refractivity contribution is 0.0341. The molecule has 2 fully saturated rings. The molecule has 19 nitrogen and oxygen atoms in total. The van der Waals surface area contributed by atoms with Crippen LogP contribution in [-0.2, 0) is 22.6 Å². The van der Waals surface area contributed by atoms with E-state index in [4.69, 9.17) is 60.7 Å². The lowest BCUT2D eigenvalue weighted by Crippen LogP contribution is -2.36. The first-order valence-corrected chi connectivity index (χ1v) is 32.7. The Morgan fingerprint density at radius 3 is 1.74 bits per heavy atom. The Labute approximate surface area is 523 Å².